The Morgan fingerprint density at radius 3 is 2.65 bits per heavy atom. The first-order chi connectivity index (χ1) is 9.45. The number of ether oxygens (including phenoxy) is 1. The van der Waals surface area contributed by atoms with E-state index < -0.39 is 11.7 Å². The van der Waals surface area contributed by atoms with Gasteiger partial charge in [0.2, 0.25) is 0 Å². The van der Waals surface area contributed by atoms with Crippen LogP contribution in [0.3, 0.4) is 0 Å². The summed E-state index contributed by atoms with van der Waals surface area (Å²) >= 11 is 0. The molecule has 110 valence electrons. The second kappa shape index (κ2) is 4.65. The lowest BCUT2D eigenvalue weighted by molar-refractivity contribution is -0.168. The maximum atomic E-state index is 13.1. The Labute approximate surface area is 116 Å². The van der Waals surface area contributed by atoms with Crippen molar-refractivity contribution in [2.24, 2.45) is 0 Å². The molecule has 1 unspecified atom stereocenters. The molecule has 1 aromatic rings. The molecule has 0 saturated heterocycles. The minimum absolute atomic E-state index is 0.187. The van der Waals surface area contributed by atoms with Crippen LogP contribution in [0.15, 0.2) is 18.2 Å². The summed E-state index contributed by atoms with van der Waals surface area (Å²) in [6.07, 6.45) is -1.19. The van der Waals surface area contributed by atoms with Gasteiger partial charge >= 0.3 is 6.18 Å². The molecule has 0 amide bonds. The molecule has 5 heteroatoms. The van der Waals surface area contributed by atoms with Crippen molar-refractivity contribution in [2.75, 3.05) is 7.11 Å². The highest BCUT2D eigenvalue weighted by molar-refractivity contribution is 5.39. The third kappa shape index (κ3) is 2.28. The van der Waals surface area contributed by atoms with Gasteiger partial charge < -0.3 is 4.74 Å². The fourth-order valence-corrected chi connectivity index (χ4v) is 3.02. The number of rotatable bonds is 3. The third-order valence-electron chi connectivity index (χ3n) is 4.41. The molecule has 1 saturated carbocycles. The van der Waals surface area contributed by atoms with Crippen LogP contribution in [0.1, 0.15) is 42.9 Å². The highest BCUT2D eigenvalue weighted by atomic mass is 19.4. The highest BCUT2D eigenvalue weighted by Crippen LogP contribution is 2.51. The number of halogens is 3. The van der Waals surface area contributed by atoms with Crippen LogP contribution < -0.4 is 10.1 Å². The molecule has 0 aliphatic heterocycles. The van der Waals surface area contributed by atoms with Gasteiger partial charge in [0.25, 0.3) is 0 Å². The average molecular weight is 285 g/mol. The van der Waals surface area contributed by atoms with E-state index in [1.54, 1.807) is 7.11 Å². The Morgan fingerprint density at radius 1 is 1.30 bits per heavy atom. The SMILES string of the molecule is COc1ccc2c(c1)C(NC1(C(F)(F)F)CC1)CCC2. The van der Waals surface area contributed by atoms with Crippen molar-refractivity contribution < 1.29 is 17.9 Å². The van der Waals surface area contributed by atoms with E-state index in [1.165, 1.54) is 0 Å². The van der Waals surface area contributed by atoms with E-state index in [-0.39, 0.29) is 18.9 Å². The first kappa shape index (κ1) is 13.7. The fraction of sp³-hybridized carbons (Fsp3) is 0.600. The van der Waals surface area contributed by atoms with Gasteiger partial charge in [0, 0.05) is 6.04 Å². The van der Waals surface area contributed by atoms with Crippen LogP contribution in [0.5, 0.6) is 5.75 Å². The lowest BCUT2D eigenvalue weighted by Crippen LogP contribution is -2.47. The summed E-state index contributed by atoms with van der Waals surface area (Å²) in [6.45, 7) is 0. The number of nitrogens with one attached hydrogen (secondary N) is 1. The summed E-state index contributed by atoms with van der Waals surface area (Å²) in [5.41, 5.74) is 0.439. The molecule has 0 spiro atoms. The van der Waals surface area contributed by atoms with Crippen molar-refractivity contribution in [1.82, 2.24) is 5.32 Å². The van der Waals surface area contributed by atoms with Crippen LogP contribution in [-0.4, -0.2) is 18.8 Å². The van der Waals surface area contributed by atoms with Gasteiger partial charge in [0.1, 0.15) is 11.3 Å². The maximum Gasteiger partial charge on any atom is 0.406 e. The van der Waals surface area contributed by atoms with Crippen LogP contribution in [0, 0.1) is 0 Å². The number of fused-ring (bicyclic) bond motifs is 1. The first-order valence-corrected chi connectivity index (χ1v) is 6.96. The summed E-state index contributed by atoms with van der Waals surface area (Å²) < 4.78 is 44.4. The van der Waals surface area contributed by atoms with Crippen molar-refractivity contribution in [3.8, 4) is 5.75 Å². The third-order valence-corrected chi connectivity index (χ3v) is 4.41. The first-order valence-electron chi connectivity index (χ1n) is 6.96. The predicted octanol–water partition coefficient (Wildman–Crippen LogP) is 3.76. The van der Waals surface area contributed by atoms with Crippen LogP contribution in [-0.2, 0) is 6.42 Å². The van der Waals surface area contributed by atoms with Gasteiger partial charge in [0.05, 0.1) is 7.11 Å². The second-order valence-corrected chi connectivity index (χ2v) is 5.73. The Hall–Kier alpha value is -1.23. The van der Waals surface area contributed by atoms with Crippen LogP contribution >= 0.6 is 0 Å². The monoisotopic (exact) mass is 285 g/mol. The number of hydrogen-bond acceptors (Lipinski definition) is 2. The molecule has 1 atom stereocenters. The Bertz CT molecular complexity index is 508. The Kier molecular flexibility index (Phi) is 3.20. The van der Waals surface area contributed by atoms with E-state index in [0.29, 0.717) is 5.75 Å². The minimum atomic E-state index is -4.16. The van der Waals surface area contributed by atoms with Crippen molar-refractivity contribution in [1.29, 1.82) is 0 Å². The van der Waals surface area contributed by atoms with Gasteiger partial charge in [-0.3, -0.25) is 5.32 Å². The number of alkyl halides is 3. The fourth-order valence-electron chi connectivity index (χ4n) is 3.02. The zero-order valence-corrected chi connectivity index (χ0v) is 11.4. The largest absolute Gasteiger partial charge is 0.497 e. The number of aryl methyl sites for hydroxylation is 1. The van der Waals surface area contributed by atoms with Crippen LogP contribution in [0.25, 0.3) is 0 Å². The van der Waals surface area contributed by atoms with Gasteiger partial charge in [-0.2, -0.15) is 13.2 Å². The average Bonchev–Trinajstić information content (AvgIpc) is 3.19. The smallest absolute Gasteiger partial charge is 0.406 e. The van der Waals surface area contributed by atoms with E-state index in [0.717, 1.165) is 30.4 Å². The molecule has 2 nitrogen and oxygen atoms in total. The molecule has 0 bridgehead atoms. The van der Waals surface area contributed by atoms with Gasteiger partial charge in [-0.05, 0) is 55.4 Å². The van der Waals surface area contributed by atoms with E-state index >= 15 is 0 Å². The lowest BCUT2D eigenvalue weighted by atomic mass is 9.87. The summed E-state index contributed by atoms with van der Waals surface area (Å²) in [7, 11) is 1.57. The molecule has 0 aromatic heterocycles. The minimum Gasteiger partial charge on any atom is -0.497 e. The predicted molar refractivity (Wildman–Crippen MR) is 69.8 cm³/mol. The molecule has 1 fully saturated rings. The summed E-state index contributed by atoms with van der Waals surface area (Å²) in [5, 5.41) is 2.87. The zero-order chi connectivity index (χ0) is 14.4. The molecule has 3 rings (SSSR count). The summed E-state index contributed by atoms with van der Waals surface area (Å²) in [5.74, 6) is 0.703. The van der Waals surface area contributed by atoms with Gasteiger partial charge in [-0.15, -0.1) is 0 Å². The second-order valence-electron chi connectivity index (χ2n) is 5.73. The van der Waals surface area contributed by atoms with Crippen LogP contribution in [0.4, 0.5) is 13.2 Å². The van der Waals surface area contributed by atoms with E-state index in [9.17, 15) is 13.2 Å². The maximum absolute atomic E-state index is 13.1. The standard InChI is InChI=1S/C15H18F3NO/c1-20-11-6-5-10-3-2-4-13(12(10)9-11)19-14(7-8-14)15(16,17)18/h5-6,9,13,19H,2-4,7-8H2,1H3. The van der Waals surface area contributed by atoms with Gasteiger partial charge in [-0.25, -0.2) is 0 Å². The molecule has 20 heavy (non-hydrogen) atoms. The normalized spacial score (nSPS) is 24.1. The number of benzene rings is 1. The Balaban J connectivity index is 1.87. The Morgan fingerprint density at radius 2 is 2.05 bits per heavy atom. The van der Waals surface area contributed by atoms with E-state index in [1.807, 2.05) is 18.2 Å². The van der Waals surface area contributed by atoms with Crippen molar-refractivity contribution >= 4 is 0 Å². The van der Waals surface area contributed by atoms with Crippen LogP contribution in [0.2, 0.25) is 0 Å². The molecular formula is C15H18F3NO. The lowest BCUT2D eigenvalue weighted by Gasteiger charge is -2.32. The van der Waals surface area contributed by atoms with Crippen molar-refractivity contribution in [3.05, 3.63) is 29.3 Å². The summed E-state index contributed by atoms with van der Waals surface area (Å²) in [4.78, 5) is 0. The molecule has 1 N–H and O–H groups in total. The molecule has 2 aliphatic carbocycles. The molecule has 1 aromatic carbocycles. The number of methoxy groups -OCH3 is 1. The van der Waals surface area contributed by atoms with Gasteiger partial charge in [-0.1, -0.05) is 6.07 Å². The van der Waals surface area contributed by atoms with E-state index in [2.05, 4.69) is 5.32 Å². The summed E-state index contributed by atoms with van der Waals surface area (Å²) in [6, 6.07) is 5.49. The highest BCUT2D eigenvalue weighted by Gasteiger charge is 2.63. The molecular weight excluding hydrogens is 267 g/mol. The number of hydrogen-bond donors (Lipinski definition) is 1. The topological polar surface area (TPSA) is 21.3 Å². The molecule has 0 heterocycles. The molecule has 0 radical (unpaired) electrons. The molecule has 2 aliphatic rings. The van der Waals surface area contributed by atoms with Crippen molar-refractivity contribution in [2.45, 2.75) is 49.9 Å². The van der Waals surface area contributed by atoms with Crippen molar-refractivity contribution in [3.63, 3.8) is 0 Å². The van der Waals surface area contributed by atoms with Gasteiger partial charge in [0.15, 0.2) is 0 Å². The zero-order valence-electron chi connectivity index (χ0n) is 11.4. The quantitative estimate of drug-likeness (QED) is 0.913. The van der Waals surface area contributed by atoms with E-state index in [4.69, 9.17) is 4.74 Å².